The molecule has 17 heavy (non-hydrogen) atoms. The monoisotopic (exact) mass is 232 g/mol. The van der Waals surface area contributed by atoms with Crippen molar-refractivity contribution in [3.05, 3.63) is 29.3 Å². The molecule has 92 valence electrons. The van der Waals surface area contributed by atoms with Gasteiger partial charge in [-0.25, -0.2) is 0 Å². The van der Waals surface area contributed by atoms with E-state index in [1.165, 1.54) is 12.0 Å². The van der Waals surface area contributed by atoms with Gasteiger partial charge in [-0.05, 0) is 50.4 Å². The van der Waals surface area contributed by atoms with Crippen molar-refractivity contribution in [1.29, 1.82) is 0 Å². The summed E-state index contributed by atoms with van der Waals surface area (Å²) in [6.07, 6.45) is 2.87. The predicted molar refractivity (Wildman–Crippen MR) is 70.2 cm³/mol. The van der Waals surface area contributed by atoms with Crippen LogP contribution in [0.3, 0.4) is 0 Å². The van der Waals surface area contributed by atoms with Crippen LogP contribution in [-0.4, -0.2) is 18.5 Å². The van der Waals surface area contributed by atoms with Gasteiger partial charge in [0.05, 0.1) is 0 Å². The summed E-state index contributed by atoms with van der Waals surface area (Å²) < 4.78 is 0. The van der Waals surface area contributed by atoms with E-state index >= 15 is 0 Å². The Morgan fingerprint density at radius 1 is 1.47 bits per heavy atom. The van der Waals surface area contributed by atoms with E-state index in [4.69, 9.17) is 0 Å². The maximum Gasteiger partial charge on any atom is 0.225 e. The molecule has 3 nitrogen and oxygen atoms in total. The zero-order chi connectivity index (χ0) is 12.3. The largest absolute Gasteiger partial charge is 0.326 e. The van der Waals surface area contributed by atoms with Crippen molar-refractivity contribution < 1.29 is 4.79 Å². The molecule has 1 fully saturated rings. The van der Waals surface area contributed by atoms with Gasteiger partial charge >= 0.3 is 0 Å². The molecule has 0 bridgehead atoms. The minimum absolute atomic E-state index is 0.109. The van der Waals surface area contributed by atoms with Crippen LogP contribution in [0.2, 0.25) is 0 Å². The zero-order valence-electron chi connectivity index (χ0n) is 10.5. The van der Waals surface area contributed by atoms with Gasteiger partial charge in [-0.1, -0.05) is 12.1 Å². The number of hydrogen-bond acceptors (Lipinski definition) is 2. The number of rotatable bonds is 3. The molecule has 1 unspecified atom stereocenters. The second-order valence-electron chi connectivity index (χ2n) is 4.79. The predicted octanol–water partition coefficient (Wildman–Crippen LogP) is 2.38. The molecule has 1 aliphatic rings. The molecule has 0 aliphatic carbocycles. The molecular formula is C14H20N2O. The van der Waals surface area contributed by atoms with Gasteiger partial charge in [-0.15, -0.1) is 0 Å². The van der Waals surface area contributed by atoms with Crippen LogP contribution in [0.4, 0.5) is 5.69 Å². The number of benzene rings is 1. The lowest BCUT2D eigenvalue weighted by Crippen LogP contribution is -2.27. The highest BCUT2D eigenvalue weighted by atomic mass is 16.1. The highest BCUT2D eigenvalue weighted by Gasteiger charge is 2.17. The van der Waals surface area contributed by atoms with Crippen molar-refractivity contribution >= 4 is 11.6 Å². The SMILES string of the molecule is Cc1cccc(NC(=O)CC2CCCN2)c1C. The number of carbonyl (C=O) groups excluding carboxylic acids is 1. The Hall–Kier alpha value is -1.35. The average Bonchev–Trinajstić information content (AvgIpc) is 2.77. The van der Waals surface area contributed by atoms with Crippen molar-refractivity contribution in [3.8, 4) is 0 Å². The molecule has 1 saturated heterocycles. The van der Waals surface area contributed by atoms with Gasteiger partial charge in [-0.3, -0.25) is 4.79 Å². The van der Waals surface area contributed by atoms with Crippen molar-refractivity contribution in [1.82, 2.24) is 5.32 Å². The molecule has 2 N–H and O–H groups in total. The van der Waals surface area contributed by atoms with E-state index in [-0.39, 0.29) is 5.91 Å². The van der Waals surface area contributed by atoms with Gasteiger partial charge in [0.2, 0.25) is 5.91 Å². The standard InChI is InChI=1S/C14H20N2O/c1-10-5-3-7-13(11(10)2)16-14(17)9-12-6-4-8-15-12/h3,5,7,12,15H,4,6,8-9H2,1-2H3,(H,16,17). The molecule has 0 spiro atoms. The maximum atomic E-state index is 11.9. The summed E-state index contributed by atoms with van der Waals surface area (Å²) in [6, 6.07) is 6.36. The Morgan fingerprint density at radius 2 is 2.29 bits per heavy atom. The van der Waals surface area contributed by atoms with Gasteiger partial charge in [-0.2, -0.15) is 0 Å². The van der Waals surface area contributed by atoms with Crippen molar-refractivity contribution in [3.63, 3.8) is 0 Å². The molecule has 0 aromatic heterocycles. The lowest BCUT2D eigenvalue weighted by atomic mass is 10.1. The lowest BCUT2D eigenvalue weighted by molar-refractivity contribution is -0.116. The van der Waals surface area contributed by atoms with E-state index in [2.05, 4.69) is 23.6 Å². The first-order chi connectivity index (χ1) is 8.16. The molecule has 1 atom stereocenters. The third kappa shape index (κ3) is 3.07. The van der Waals surface area contributed by atoms with Crippen LogP contribution in [0.25, 0.3) is 0 Å². The summed E-state index contributed by atoms with van der Waals surface area (Å²) >= 11 is 0. The lowest BCUT2D eigenvalue weighted by Gasteiger charge is -2.13. The first-order valence-electron chi connectivity index (χ1n) is 6.26. The topological polar surface area (TPSA) is 41.1 Å². The summed E-state index contributed by atoms with van der Waals surface area (Å²) in [5.74, 6) is 0.109. The van der Waals surface area contributed by atoms with E-state index in [1.807, 2.05) is 19.1 Å². The minimum atomic E-state index is 0.109. The summed E-state index contributed by atoms with van der Waals surface area (Å²) in [6.45, 7) is 5.14. The number of nitrogens with one attached hydrogen (secondary N) is 2. The molecule has 3 heteroatoms. The number of carbonyl (C=O) groups is 1. The smallest absolute Gasteiger partial charge is 0.225 e. The molecule has 2 rings (SSSR count). The Balaban J connectivity index is 1.95. The number of hydrogen-bond donors (Lipinski definition) is 2. The highest BCUT2D eigenvalue weighted by Crippen LogP contribution is 2.18. The molecule has 0 radical (unpaired) electrons. The summed E-state index contributed by atoms with van der Waals surface area (Å²) in [4.78, 5) is 11.9. The molecule has 1 aliphatic heterocycles. The van der Waals surface area contributed by atoms with Crippen LogP contribution in [0.15, 0.2) is 18.2 Å². The fourth-order valence-corrected chi connectivity index (χ4v) is 2.24. The second kappa shape index (κ2) is 5.32. The Kier molecular flexibility index (Phi) is 3.79. The second-order valence-corrected chi connectivity index (χ2v) is 4.79. The summed E-state index contributed by atoms with van der Waals surface area (Å²) in [7, 11) is 0. The Bertz CT molecular complexity index is 409. The molecule has 1 heterocycles. The van der Waals surface area contributed by atoms with Crippen LogP contribution in [0, 0.1) is 13.8 Å². The zero-order valence-corrected chi connectivity index (χ0v) is 10.5. The quantitative estimate of drug-likeness (QED) is 0.840. The number of amides is 1. The van der Waals surface area contributed by atoms with E-state index in [1.54, 1.807) is 0 Å². The van der Waals surface area contributed by atoms with Gasteiger partial charge in [0.15, 0.2) is 0 Å². The maximum absolute atomic E-state index is 11.9. The van der Waals surface area contributed by atoms with Gasteiger partial charge in [0.25, 0.3) is 0 Å². The van der Waals surface area contributed by atoms with Gasteiger partial charge in [0.1, 0.15) is 0 Å². The summed E-state index contributed by atoms with van der Waals surface area (Å²) in [5.41, 5.74) is 3.30. The summed E-state index contributed by atoms with van der Waals surface area (Å²) in [5, 5.41) is 6.34. The van der Waals surface area contributed by atoms with Crippen molar-refractivity contribution in [2.75, 3.05) is 11.9 Å². The van der Waals surface area contributed by atoms with Crippen LogP contribution in [0.1, 0.15) is 30.4 Å². The van der Waals surface area contributed by atoms with E-state index in [0.29, 0.717) is 12.5 Å². The highest BCUT2D eigenvalue weighted by molar-refractivity contribution is 5.92. The number of aryl methyl sites for hydroxylation is 1. The fourth-order valence-electron chi connectivity index (χ4n) is 2.24. The Morgan fingerprint density at radius 3 is 3.00 bits per heavy atom. The minimum Gasteiger partial charge on any atom is -0.326 e. The number of anilines is 1. The van der Waals surface area contributed by atoms with E-state index in [0.717, 1.165) is 24.2 Å². The van der Waals surface area contributed by atoms with Crippen molar-refractivity contribution in [2.24, 2.45) is 0 Å². The van der Waals surface area contributed by atoms with Crippen LogP contribution < -0.4 is 10.6 Å². The third-order valence-corrected chi connectivity index (χ3v) is 3.47. The average molecular weight is 232 g/mol. The van der Waals surface area contributed by atoms with E-state index < -0.39 is 0 Å². The molecule has 1 aromatic carbocycles. The van der Waals surface area contributed by atoms with Gasteiger partial charge < -0.3 is 10.6 Å². The van der Waals surface area contributed by atoms with Gasteiger partial charge in [0, 0.05) is 18.2 Å². The fraction of sp³-hybridized carbons (Fsp3) is 0.500. The first-order valence-corrected chi connectivity index (χ1v) is 6.26. The molecular weight excluding hydrogens is 212 g/mol. The molecule has 1 amide bonds. The first kappa shape index (κ1) is 12.1. The third-order valence-electron chi connectivity index (χ3n) is 3.47. The van der Waals surface area contributed by atoms with Crippen molar-refractivity contribution in [2.45, 2.75) is 39.2 Å². The molecule has 0 saturated carbocycles. The molecule has 1 aromatic rings. The van der Waals surface area contributed by atoms with Crippen LogP contribution >= 0.6 is 0 Å². The van der Waals surface area contributed by atoms with Crippen LogP contribution in [0.5, 0.6) is 0 Å². The Labute approximate surface area is 103 Å². The normalized spacial score (nSPS) is 19.3. The van der Waals surface area contributed by atoms with Crippen LogP contribution in [-0.2, 0) is 4.79 Å². The van der Waals surface area contributed by atoms with E-state index in [9.17, 15) is 4.79 Å².